The van der Waals surface area contributed by atoms with Crippen LogP contribution in [0.5, 0.6) is 0 Å². The minimum atomic E-state index is -0.148. The Bertz CT molecular complexity index is 227. The molecule has 0 N–H and O–H groups in total. The molecular formula is C17H37CeN3O2S6-6. The maximum Gasteiger partial charge on any atom is 0.0466 e. The molecule has 0 amide bonds. The van der Waals surface area contributed by atoms with E-state index in [1.165, 1.54) is 25.7 Å². The van der Waals surface area contributed by atoms with Crippen molar-refractivity contribution in [2.45, 2.75) is 39.8 Å². The maximum atomic E-state index is 4.94. The first-order valence-electron chi connectivity index (χ1n) is 9.03. The van der Waals surface area contributed by atoms with E-state index in [0.717, 1.165) is 26.4 Å². The zero-order valence-electron chi connectivity index (χ0n) is 18.5. The predicted molar refractivity (Wildman–Crippen MR) is 137 cm³/mol. The second-order valence-electron chi connectivity index (χ2n) is 6.45. The number of hydrogen-bond donors (Lipinski definition) is 0. The quantitative estimate of drug-likeness (QED) is 0.416. The van der Waals surface area contributed by atoms with Crippen molar-refractivity contribution >= 4 is 75.8 Å². The van der Waals surface area contributed by atoms with Crippen LogP contribution in [0.25, 0.3) is 0 Å². The molecule has 178 valence electrons. The molecule has 0 aromatic heterocycles. The summed E-state index contributed by atoms with van der Waals surface area (Å²) in [5.41, 5.74) is 0. The molecule has 0 unspecified atom stereocenters. The van der Waals surface area contributed by atoms with Gasteiger partial charge in [-0.15, -0.1) is 0 Å². The number of nitrogens with zero attached hydrogens (tertiary/aromatic N) is 3. The average molecular weight is 648 g/mol. The van der Waals surface area contributed by atoms with Crippen LogP contribution in [0, 0.1) is 41.7 Å². The second kappa shape index (κ2) is 29.3. The van der Waals surface area contributed by atoms with E-state index in [9.17, 15) is 0 Å². The van der Waals surface area contributed by atoms with Crippen LogP contribution < -0.4 is 0 Å². The van der Waals surface area contributed by atoms with Gasteiger partial charge in [-0.2, -0.15) is 0 Å². The average Bonchev–Trinajstić information content (AvgIpc) is 3.34. The molecule has 29 heavy (non-hydrogen) atoms. The van der Waals surface area contributed by atoms with Crippen LogP contribution in [-0.2, 0) is 85.2 Å². The SMILES string of the molecule is C1CCOC1.C1CCOC1.CN(C)C([S-])[S-].CN(C)C([S-])[S-].CN(C)C([S-])[S-].[Ce]. The van der Waals surface area contributed by atoms with Gasteiger partial charge in [-0.1, -0.05) is 0 Å². The predicted octanol–water partition coefficient (Wildman–Crippen LogP) is 1.37. The Balaban J connectivity index is -0.000000134. The number of rotatable bonds is 3. The number of ether oxygens (including phenoxy) is 2. The molecule has 2 aliphatic rings. The van der Waals surface area contributed by atoms with Crippen molar-refractivity contribution in [1.29, 1.82) is 0 Å². The van der Waals surface area contributed by atoms with Crippen molar-refractivity contribution < 1.29 is 51.2 Å². The Labute approximate surface area is 247 Å². The first-order chi connectivity index (χ1) is 12.9. The van der Waals surface area contributed by atoms with Crippen LogP contribution in [0.3, 0.4) is 0 Å². The van der Waals surface area contributed by atoms with Crippen LogP contribution in [-0.4, -0.2) is 97.5 Å². The van der Waals surface area contributed by atoms with Gasteiger partial charge >= 0.3 is 0 Å². The van der Waals surface area contributed by atoms with Gasteiger partial charge in [0.25, 0.3) is 0 Å². The van der Waals surface area contributed by atoms with E-state index in [0.29, 0.717) is 0 Å². The molecular weight excluding hydrogens is 611 g/mol. The Hall–Kier alpha value is 3.28. The largest absolute Gasteiger partial charge is 0.800 e. The summed E-state index contributed by atoms with van der Waals surface area (Å²) >= 11 is 27.9. The molecule has 2 heterocycles. The van der Waals surface area contributed by atoms with Crippen molar-refractivity contribution in [3.63, 3.8) is 0 Å². The van der Waals surface area contributed by atoms with E-state index in [4.69, 9.17) is 9.47 Å². The third-order valence-electron chi connectivity index (χ3n) is 2.92. The summed E-state index contributed by atoms with van der Waals surface area (Å²) < 4.78 is 9.44. The summed E-state index contributed by atoms with van der Waals surface area (Å²) in [7, 11) is 11.2. The summed E-state index contributed by atoms with van der Waals surface area (Å²) in [5, 5.41) is 0. The van der Waals surface area contributed by atoms with Gasteiger partial charge in [0, 0.05) is 68.2 Å². The van der Waals surface area contributed by atoms with E-state index in [2.05, 4.69) is 75.8 Å². The van der Waals surface area contributed by atoms with E-state index in [-0.39, 0.29) is 55.9 Å². The summed E-state index contributed by atoms with van der Waals surface area (Å²) in [6.45, 7) is 4.00. The second-order valence-corrected chi connectivity index (χ2v) is 10.0. The fraction of sp³-hybridized carbons (Fsp3) is 1.00. The van der Waals surface area contributed by atoms with Gasteiger partial charge in [-0.05, 0) is 68.0 Å². The minimum absolute atomic E-state index is 0. The first kappa shape index (κ1) is 39.5. The van der Waals surface area contributed by atoms with E-state index < -0.39 is 0 Å². The number of hydrogen-bond acceptors (Lipinski definition) is 11. The zero-order valence-corrected chi connectivity index (χ0v) is 26.5. The van der Waals surface area contributed by atoms with Crippen molar-refractivity contribution in [3.8, 4) is 0 Å². The van der Waals surface area contributed by atoms with Gasteiger partial charge in [-0.25, -0.2) is 14.1 Å². The Morgan fingerprint density at radius 3 is 0.655 bits per heavy atom. The molecule has 5 nitrogen and oxygen atoms in total. The van der Waals surface area contributed by atoms with Gasteiger partial charge in [0.2, 0.25) is 0 Å². The molecule has 0 atom stereocenters. The summed E-state index contributed by atoms with van der Waals surface area (Å²) in [6, 6.07) is 0. The molecule has 0 saturated carbocycles. The Kier molecular flexibility index (Phi) is 39.9. The third-order valence-corrected chi connectivity index (χ3v) is 5.45. The van der Waals surface area contributed by atoms with Crippen LogP contribution >= 0.6 is 0 Å². The van der Waals surface area contributed by atoms with Gasteiger partial charge < -0.3 is 99.9 Å². The Morgan fingerprint density at radius 2 is 0.621 bits per heavy atom. The molecule has 0 aliphatic carbocycles. The molecule has 2 saturated heterocycles. The van der Waals surface area contributed by atoms with Crippen molar-refractivity contribution in [2.24, 2.45) is 0 Å². The van der Waals surface area contributed by atoms with Crippen molar-refractivity contribution in [1.82, 2.24) is 14.7 Å². The van der Waals surface area contributed by atoms with Crippen LogP contribution in [0.2, 0.25) is 0 Å². The van der Waals surface area contributed by atoms with Gasteiger partial charge in [0.1, 0.15) is 0 Å². The standard InChI is InChI=1S/2C4H8O.3C3H9NS2.Ce/c2*1-2-4-5-3-1;3*1-4(2)3(5)6;/h2*1-4H2;3*3,5-6H,1-2H3;/p-6. The topological polar surface area (TPSA) is 28.2 Å². The van der Waals surface area contributed by atoms with Crippen LogP contribution in [0.4, 0.5) is 0 Å². The van der Waals surface area contributed by atoms with Gasteiger partial charge in [0.05, 0.1) is 0 Å². The molecule has 0 radical (unpaired) electrons. The summed E-state index contributed by atoms with van der Waals surface area (Å²) in [6.07, 6.45) is 5.11. The molecule has 2 rings (SSSR count). The normalized spacial score (nSPS) is 15.1. The molecule has 12 heteroatoms. The molecule has 0 aromatic rings. The van der Waals surface area contributed by atoms with Crippen LogP contribution in [0.1, 0.15) is 25.7 Å². The first-order valence-corrected chi connectivity index (χ1v) is 11.9. The summed E-state index contributed by atoms with van der Waals surface area (Å²) in [5.74, 6) is 0. The molecule has 2 fully saturated rings. The van der Waals surface area contributed by atoms with E-state index >= 15 is 0 Å². The monoisotopic (exact) mass is 647 g/mol. The smallest absolute Gasteiger partial charge is 0.0466 e. The summed E-state index contributed by atoms with van der Waals surface area (Å²) in [4.78, 5) is 5.39. The Morgan fingerprint density at radius 1 is 0.483 bits per heavy atom. The molecule has 0 spiro atoms. The molecule has 0 aromatic carbocycles. The minimum Gasteiger partial charge on any atom is -0.800 e. The zero-order chi connectivity index (χ0) is 22.5. The van der Waals surface area contributed by atoms with Crippen molar-refractivity contribution in [2.75, 3.05) is 68.7 Å². The van der Waals surface area contributed by atoms with Gasteiger partial charge in [-0.3, -0.25) is 0 Å². The fourth-order valence-electron chi connectivity index (χ4n) is 1.02. The third kappa shape index (κ3) is 42.0. The van der Waals surface area contributed by atoms with E-state index in [1.54, 1.807) is 14.7 Å². The van der Waals surface area contributed by atoms with Crippen molar-refractivity contribution in [3.05, 3.63) is 0 Å². The maximum absolute atomic E-state index is 4.94. The van der Waals surface area contributed by atoms with Gasteiger partial charge in [0.15, 0.2) is 0 Å². The molecule has 0 bridgehead atoms. The van der Waals surface area contributed by atoms with E-state index in [1.807, 2.05) is 42.3 Å². The fourth-order valence-corrected chi connectivity index (χ4v) is 1.02. The van der Waals surface area contributed by atoms with Crippen LogP contribution in [0.15, 0.2) is 0 Å². The molecule has 2 aliphatic heterocycles.